The maximum Gasteiger partial charge on any atom is 0.449 e. The molecule has 0 radical (unpaired) electrons. The Morgan fingerprint density at radius 3 is 2.82 bits per heavy atom. The van der Waals surface area contributed by atoms with Gasteiger partial charge in [-0.3, -0.25) is 4.79 Å². The largest absolute Gasteiger partial charge is 0.467 e. The molecule has 0 fully saturated rings. The molecule has 3 rings (SSSR count). The Morgan fingerprint density at radius 2 is 2.14 bits per heavy atom. The molecule has 0 bridgehead atoms. The smallest absolute Gasteiger partial charge is 0.449 e. The van der Waals surface area contributed by atoms with Crippen LogP contribution >= 0.6 is 0 Å². The van der Waals surface area contributed by atoms with Crippen LogP contribution in [0.5, 0.6) is 0 Å². The average Bonchev–Trinajstić information content (AvgIpc) is 3.12. The van der Waals surface area contributed by atoms with Crippen LogP contribution < -0.4 is 5.32 Å². The molecule has 22 heavy (non-hydrogen) atoms. The number of aromatic amines is 1. The zero-order valence-electron chi connectivity index (χ0n) is 11.1. The van der Waals surface area contributed by atoms with E-state index >= 15 is 0 Å². The van der Waals surface area contributed by atoms with Gasteiger partial charge in [0.05, 0.1) is 23.8 Å². The second-order valence-electron chi connectivity index (χ2n) is 4.58. The number of imidazole rings is 1. The Hall–Kier alpha value is -2.77. The second-order valence-corrected chi connectivity index (χ2v) is 4.58. The monoisotopic (exact) mass is 309 g/mol. The Kier molecular flexibility index (Phi) is 3.36. The molecule has 5 nitrogen and oxygen atoms in total. The summed E-state index contributed by atoms with van der Waals surface area (Å²) >= 11 is 0. The van der Waals surface area contributed by atoms with Gasteiger partial charge in [-0.2, -0.15) is 13.2 Å². The predicted molar refractivity (Wildman–Crippen MR) is 71.0 cm³/mol. The maximum atomic E-state index is 12.6. The number of aromatic nitrogens is 2. The number of furan rings is 1. The van der Waals surface area contributed by atoms with Crippen molar-refractivity contribution in [2.75, 3.05) is 0 Å². The molecule has 2 heterocycles. The van der Waals surface area contributed by atoms with Gasteiger partial charge in [0.1, 0.15) is 5.76 Å². The molecule has 114 valence electrons. The number of H-pyrrole nitrogens is 1. The number of fused-ring (bicyclic) bond motifs is 1. The molecule has 0 unspecified atom stereocenters. The van der Waals surface area contributed by atoms with E-state index < -0.39 is 17.9 Å². The lowest BCUT2D eigenvalue weighted by Gasteiger charge is -2.03. The van der Waals surface area contributed by atoms with Crippen molar-refractivity contribution in [1.82, 2.24) is 15.3 Å². The van der Waals surface area contributed by atoms with Crippen molar-refractivity contribution < 1.29 is 22.4 Å². The van der Waals surface area contributed by atoms with Crippen molar-refractivity contribution >= 4 is 16.9 Å². The van der Waals surface area contributed by atoms with E-state index in [2.05, 4.69) is 15.3 Å². The van der Waals surface area contributed by atoms with E-state index in [1.807, 2.05) is 0 Å². The van der Waals surface area contributed by atoms with Crippen LogP contribution in [0.2, 0.25) is 0 Å². The minimum atomic E-state index is -4.55. The fourth-order valence-corrected chi connectivity index (χ4v) is 1.97. The predicted octanol–water partition coefficient (Wildman–Crippen LogP) is 3.10. The molecular formula is C14H10F3N3O2. The summed E-state index contributed by atoms with van der Waals surface area (Å²) in [5.41, 5.74) is 0.532. The molecule has 2 aromatic heterocycles. The SMILES string of the molecule is O=C(NCc1ccco1)c1ccc2nc(C(F)(F)F)[nH]c2c1. The lowest BCUT2D eigenvalue weighted by Crippen LogP contribution is -2.22. The number of carbonyl (C=O) groups excluding carboxylic acids is 1. The molecule has 1 amide bonds. The van der Waals surface area contributed by atoms with Crippen LogP contribution in [-0.4, -0.2) is 15.9 Å². The number of carbonyl (C=O) groups is 1. The van der Waals surface area contributed by atoms with Crippen LogP contribution in [0.1, 0.15) is 21.9 Å². The summed E-state index contributed by atoms with van der Waals surface area (Å²) in [4.78, 5) is 17.6. The average molecular weight is 309 g/mol. The first-order chi connectivity index (χ1) is 10.4. The third kappa shape index (κ3) is 2.80. The lowest BCUT2D eigenvalue weighted by molar-refractivity contribution is -0.144. The summed E-state index contributed by atoms with van der Waals surface area (Å²) in [6, 6.07) is 7.50. The van der Waals surface area contributed by atoms with Crippen LogP contribution in [0.15, 0.2) is 41.0 Å². The Bertz CT molecular complexity index is 806. The Morgan fingerprint density at radius 1 is 1.32 bits per heavy atom. The Labute approximate surface area is 122 Å². The molecule has 0 atom stereocenters. The second kappa shape index (κ2) is 5.21. The normalized spacial score (nSPS) is 11.8. The van der Waals surface area contributed by atoms with Crippen molar-refractivity contribution in [2.24, 2.45) is 0 Å². The number of benzene rings is 1. The van der Waals surface area contributed by atoms with E-state index in [0.717, 1.165) is 0 Å². The number of nitrogens with one attached hydrogen (secondary N) is 2. The zero-order valence-corrected chi connectivity index (χ0v) is 11.1. The minimum absolute atomic E-state index is 0.148. The fraction of sp³-hybridized carbons (Fsp3) is 0.143. The third-order valence-corrected chi connectivity index (χ3v) is 3.02. The number of rotatable bonds is 3. The highest BCUT2D eigenvalue weighted by Crippen LogP contribution is 2.28. The molecule has 0 spiro atoms. The van der Waals surface area contributed by atoms with Crippen LogP contribution in [0, 0.1) is 0 Å². The number of alkyl halides is 3. The van der Waals surface area contributed by atoms with Crippen molar-refractivity contribution in [3.05, 3.63) is 53.7 Å². The molecule has 0 aliphatic carbocycles. The first-order valence-electron chi connectivity index (χ1n) is 6.31. The first-order valence-corrected chi connectivity index (χ1v) is 6.31. The first kappa shape index (κ1) is 14.2. The molecule has 0 saturated heterocycles. The van der Waals surface area contributed by atoms with Crippen molar-refractivity contribution in [1.29, 1.82) is 0 Å². The standard InChI is InChI=1S/C14H10F3N3O2/c15-14(16,17)13-19-10-4-3-8(6-11(10)20-13)12(21)18-7-9-2-1-5-22-9/h1-6H,7H2,(H,18,21)(H,19,20). The molecule has 8 heteroatoms. The van der Waals surface area contributed by atoms with E-state index in [1.165, 1.54) is 24.5 Å². The molecule has 3 aromatic rings. The molecule has 2 N–H and O–H groups in total. The van der Waals surface area contributed by atoms with Crippen LogP contribution in [0.25, 0.3) is 11.0 Å². The van der Waals surface area contributed by atoms with Crippen molar-refractivity contribution in [2.45, 2.75) is 12.7 Å². The molecule has 0 aliphatic rings. The van der Waals surface area contributed by atoms with E-state index in [1.54, 1.807) is 12.1 Å². The van der Waals surface area contributed by atoms with E-state index in [4.69, 9.17) is 4.42 Å². The Balaban J connectivity index is 1.80. The highest BCUT2D eigenvalue weighted by Gasteiger charge is 2.34. The van der Waals surface area contributed by atoms with Crippen LogP contribution in [-0.2, 0) is 12.7 Å². The van der Waals surface area contributed by atoms with Gasteiger partial charge in [-0.05, 0) is 30.3 Å². The zero-order chi connectivity index (χ0) is 15.7. The summed E-state index contributed by atoms with van der Waals surface area (Å²) in [5, 5.41) is 2.61. The number of hydrogen-bond acceptors (Lipinski definition) is 3. The summed E-state index contributed by atoms with van der Waals surface area (Å²) in [6.07, 6.45) is -3.07. The minimum Gasteiger partial charge on any atom is -0.467 e. The highest BCUT2D eigenvalue weighted by atomic mass is 19.4. The number of amides is 1. The van der Waals surface area contributed by atoms with Gasteiger partial charge in [0.25, 0.3) is 5.91 Å². The lowest BCUT2D eigenvalue weighted by atomic mass is 10.2. The quantitative estimate of drug-likeness (QED) is 0.781. The van der Waals surface area contributed by atoms with E-state index in [0.29, 0.717) is 5.76 Å². The van der Waals surface area contributed by atoms with Gasteiger partial charge in [-0.15, -0.1) is 0 Å². The van der Waals surface area contributed by atoms with Crippen LogP contribution in [0.3, 0.4) is 0 Å². The summed E-state index contributed by atoms with van der Waals surface area (Å²) in [5.74, 6) is -0.924. The third-order valence-electron chi connectivity index (χ3n) is 3.02. The molecule has 1 aromatic carbocycles. The van der Waals surface area contributed by atoms with Gasteiger partial charge < -0.3 is 14.7 Å². The van der Waals surface area contributed by atoms with Gasteiger partial charge in [-0.1, -0.05) is 0 Å². The fourth-order valence-electron chi connectivity index (χ4n) is 1.97. The number of nitrogens with zero attached hydrogens (tertiary/aromatic N) is 1. The van der Waals surface area contributed by atoms with Gasteiger partial charge in [0, 0.05) is 5.56 Å². The van der Waals surface area contributed by atoms with Gasteiger partial charge in [0.2, 0.25) is 5.82 Å². The number of hydrogen-bond donors (Lipinski definition) is 2. The van der Waals surface area contributed by atoms with Gasteiger partial charge >= 0.3 is 6.18 Å². The topological polar surface area (TPSA) is 70.9 Å². The van der Waals surface area contributed by atoms with Gasteiger partial charge in [-0.25, -0.2) is 4.98 Å². The number of halogens is 3. The van der Waals surface area contributed by atoms with Crippen LogP contribution in [0.4, 0.5) is 13.2 Å². The molecular weight excluding hydrogens is 299 g/mol. The summed E-state index contributed by atoms with van der Waals surface area (Å²) in [7, 11) is 0. The van der Waals surface area contributed by atoms with Crippen molar-refractivity contribution in [3.8, 4) is 0 Å². The maximum absolute atomic E-state index is 12.6. The van der Waals surface area contributed by atoms with E-state index in [-0.39, 0.29) is 23.1 Å². The highest BCUT2D eigenvalue weighted by molar-refractivity contribution is 5.97. The van der Waals surface area contributed by atoms with E-state index in [9.17, 15) is 18.0 Å². The molecule has 0 aliphatic heterocycles. The molecule has 0 saturated carbocycles. The summed E-state index contributed by atoms with van der Waals surface area (Å²) < 4.78 is 42.8. The summed E-state index contributed by atoms with van der Waals surface area (Å²) in [6.45, 7) is 0.195. The van der Waals surface area contributed by atoms with Crippen molar-refractivity contribution in [3.63, 3.8) is 0 Å². The van der Waals surface area contributed by atoms with Gasteiger partial charge in [0.15, 0.2) is 0 Å².